The minimum atomic E-state index is -0.328. The summed E-state index contributed by atoms with van der Waals surface area (Å²) in [7, 11) is 0. The van der Waals surface area contributed by atoms with Crippen molar-refractivity contribution in [2.45, 2.75) is 0 Å². The monoisotopic (exact) mass is 213 g/mol. The topological polar surface area (TPSA) is 78.9 Å². The number of benzene rings is 1. The van der Waals surface area contributed by atoms with Crippen LogP contribution in [0.4, 0.5) is 5.82 Å². The number of carbonyl (C=O) groups is 1. The number of aromatic nitrogens is 1. The second-order valence-electron chi connectivity index (χ2n) is 3.03. The molecule has 0 atom stereocenters. The maximum atomic E-state index is 11.7. The molecule has 5 nitrogen and oxygen atoms in total. The van der Waals surface area contributed by atoms with Crippen molar-refractivity contribution < 1.29 is 9.32 Å². The van der Waals surface area contributed by atoms with Crippen molar-refractivity contribution in [1.29, 1.82) is 5.26 Å². The van der Waals surface area contributed by atoms with E-state index in [0.717, 1.165) is 0 Å². The molecule has 0 bridgehead atoms. The Balaban J connectivity index is 2.18. The molecule has 2 aromatic rings. The van der Waals surface area contributed by atoms with Crippen LogP contribution >= 0.6 is 0 Å². The van der Waals surface area contributed by atoms with Gasteiger partial charge in [0, 0.05) is 11.6 Å². The zero-order chi connectivity index (χ0) is 11.4. The number of hydrogen-bond acceptors (Lipinski definition) is 4. The van der Waals surface area contributed by atoms with Crippen molar-refractivity contribution in [1.82, 2.24) is 5.16 Å². The van der Waals surface area contributed by atoms with Gasteiger partial charge in [0.05, 0.1) is 11.6 Å². The van der Waals surface area contributed by atoms with Crippen molar-refractivity contribution >= 4 is 11.7 Å². The molecule has 1 aromatic carbocycles. The second kappa shape index (κ2) is 4.28. The molecule has 0 spiro atoms. The normalized spacial score (nSPS) is 9.44. The number of amides is 1. The largest absolute Gasteiger partial charge is 0.363 e. The first kappa shape index (κ1) is 9.93. The Bertz CT molecular complexity index is 541. The number of nitrogens with one attached hydrogen (secondary N) is 1. The summed E-state index contributed by atoms with van der Waals surface area (Å²) in [5.41, 5.74) is 0.842. The zero-order valence-corrected chi connectivity index (χ0v) is 8.18. The lowest BCUT2D eigenvalue weighted by Gasteiger charge is -2.00. The Hall–Kier alpha value is -2.61. The highest BCUT2D eigenvalue weighted by Gasteiger charge is 2.07. The minimum Gasteiger partial charge on any atom is -0.363 e. The first-order valence-corrected chi connectivity index (χ1v) is 4.51. The van der Waals surface area contributed by atoms with Crippen molar-refractivity contribution in [3.05, 3.63) is 47.7 Å². The molecule has 0 unspecified atom stereocenters. The molecule has 0 aliphatic carbocycles. The number of hydrogen-bond donors (Lipinski definition) is 1. The summed E-state index contributed by atoms with van der Waals surface area (Å²) in [4.78, 5) is 11.7. The predicted octanol–water partition coefficient (Wildman–Crippen LogP) is 1.80. The Morgan fingerprint density at radius 1 is 1.44 bits per heavy atom. The van der Waals surface area contributed by atoms with Gasteiger partial charge in [-0.15, -0.1) is 0 Å². The highest BCUT2D eigenvalue weighted by molar-refractivity contribution is 6.03. The Kier molecular flexibility index (Phi) is 2.65. The van der Waals surface area contributed by atoms with Crippen LogP contribution in [-0.4, -0.2) is 11.1 Å². The number of nitriles is 1. The molecule has 16 heavy (non-hydrogen) atoms. The molecular formula is C11H7N3O2. The van der Waals surface area contributed by atoms with Gasteiger partial charge < -0.3 is 9.84 Å². The molecule has 0 aliphatic rings. The van der Waals surface area contributed by atoms with Crippen LogP contribution in [0.3, 0.4) is 0 Å². The summed E-state index contributed by atoms with van der Waals surface area (Å²) >= 11 is 0. The van der Waals surface area contributed by atoms with Crippen LogP contribution in [0.1, 0.15) is 15.9 Å². The number of carbonyl (C=O) groups excluding carboxylic acids is 1. The van der Waals surface area contributed by atoms with Crippen LogP contribution in [-0.2, 0) is 0 Å². The fraction of sp³-hybridized carbons (Fsp3) is 0. The van der Waals surface area contributed by atoms with E-state index in [2.05, 4.69) is 15.0 Å². The van der Waals surface area contributed by atoms with E-state index in [-0.39, 0.29) is 5.91 Å². The van der Waals surface area contributed by atoms with Gasteiger partial charge in [-0.05, 0) is 18.2 Å². The second-order valence-corrected chi connectivity index (χ2v) is 3.03. The summed E-state index contributed by atoms with van der Waals surface area (Å²) in [6.45, 7) is 0. The third-order valence-corrected chi connectivity index (χ3v) is 1.93. The molecule has 1 aromatic heterocycles. The molecule has 0 saturated heterocycles. The molecule has 0 fully saturated rings. The van der Waals surface area contributed by atoms with Gasteiger partial charge in [-0.3, -0.25) is 4.79 Å². The van der Waals surface area contributed by atoms with Crippen molar-refractivity contribution in [2.24, 2.45) is 0 Å². The summed E-state index contributed by atoms with van der Waals surface area (Å²) in [5.74, 6) is 0.0124. The molecule has 2 rings (SSSR count). The maximum Gasteiger partial charge on any atom is 0.256 e. The van der Waals surface area contributed by atoms with Crippen LogP contribution in [0.15, 0.2) is 41.1 Å². The van der Waals surface area contributed by atoms with E-state index in [1.165, 1.54) is 18.4 Å². The molecule has 1 amide bonds. The third kappa shape index (κ3) is 2.07. The van der Waals surface area contributed by atoms with Gasteiger partial charge in [-0.2, -0.15) is 5.26 Å². The fourth-order valence-electron chi connectivity index (χ4n) is 1.20. The van der Waals surface area contributed by atoms with Crippen LogP contribution in [0.2, 0.25) is 0 Å². The third-order valence-electron chi connectivity index (χ3n) is 1.93. The average Bonchev–Trinajstić information content (AvgIpc) is 2.82. The molecule has 78 valence electrons. The van der Waals surface area contributed by atoms with E-state index in [1.54, 1.807) is 18.2 Å². The molecule has 0 aliphatic heterocycles. The molecule has 0 radical (unpaired) electrons. The molecular weight excluding hydrogens is 206 g/mol. The number of rotatable bonds is 2. The first-order valence-electron chi connectivity index (χ1n) is 4.51. The standard InChI is InChI=1S/C11H7N3O2/c12-7-8-2-1-3-9(6-8)11(15)13-10-4-5-16-14-10/h1-6H,(H,13,14,15). The maximum absolute atomic E-state index is 11.7. The lowest BCUT2D eigenvalue weighted by atomic mass is 10.1. The first-order chi connectivity index (χ1) is 7.79. The molecule has 1 N–H and O–H groups in total. The van der Waals surface area contributed by atoms with Crippen molar-refractivity contribution in [2.75, 3.05) is 5.32 Å². The van der Waals surface area contributed by atoms with Gasteiger partial charge in [-0.1, -0.05) is 11.2 Å². The molecule has 0 saturated carbocycles. The highest BCUT2D eigenvalue weighted by atomic mass is 16.5. The quantitative estimate of drug-likeness (QED) is 0.824. The van der Waals surface area contributed by atoms with E-state index in [4.69, 9.17) is 5.26 Å². The van der Waals surface area contributed by atoms with Crippen LogP contribution in [0, 0.1) is 11.3 Å². The SMILES string of the molecule is N#Cc1cccc(C(=O)Nc2ccon2)c1. The van der Waals surface area contributed by atoms with Gasteiger partial charge >= 0.3 is 0 Å². The zero-order valence-electron chi connectivity index (χ0n) is 8.18. The van der Waals surface area contributed by atoms with Gasteiger partial charge in [-0.25, -0.2) is 0 Å². The lowest BCUT2D eigenvalue weighted by Crippen LogP contribution is -2.12. The average molecular weight is 213 g/mol. The summed E-state index contributed by atoms with van der Waals surface area (Å²) in [5, 5.41) is 14.8. The van der Waals surface area contributed by atoms with Crippen molar-refractivity contribution in [3.63, 3.8) is 0 Å². The van der Waals surface area contributed by atoms with E-state index in [9.17, 15) is 4.79 Å². The van der Waals surface area contributed by atoms with E-state index in [1.807, 2.05) is 6.07 Å². The van der Waals surface area contributed by atoms with Gasteiger partial charge in [0.1, 0.15) is 6.26 Å². The lowest BCUT2D eigenvalue weighted by molar-refractivity contribution is 0.102. The number of anilines is 1. The van der Waals surface area contributed by atoms with Crippen molar-refractivity contribution in [3.8, 4) is 6.07 Å². The Morgan fingerprint density at radius 3 is 3.00 bits per heavy atom. The summed E-state index contributed by atoms with van der Waals surface area (Å²) in [6, 6.07) is 9.91. The predicted molar refractivity (Wildman–Crippen MR) is 55.6 cm³/mol. The minimum absolute atomic E-state index is 0.328. The van der Waals surface area contributed by atoms with E-state index >= 15 is 0 Å². The molecule has 1 heterocycles. The van der Waals surface area contributed by atoms with E-state index in [0.29, 0.717) is 16.9 Å². The van der Waals surface area contributed by atoms with Crippen LogP contribution in [0.5, 0.6) is 0 Å². The molecule has 5 heteroatoms. The number of nitrogens with zero attached hydrogens (tertiary/aromatic N) is 2. The van der Waals surface area contributed by atoms with Gasteiger partial charge in [0.2, 0.25) is 0 Å². The Morgan fingerprint density at radius 2 is 2.31 bits per heavy atom. The Labute approximate surface area is 91.3 Å². The summed E-state index contributed by atoms with van der Waals surface area (Å²) in [6.07, 6.45) is 1.36. The highest BCUT2D eigenvalue weighted by Crippen LogP contribution is 2.08. The van der Waals surface area contributed by atoms with Gasteiger partial charge in [0.25, 0.3) is 5.91 Å². The summed E-state index contributed by atoms with van der Waals surface area (Å²) < 4.78 is 4.58. The van der Waals surface area contributed by atoms with Crippen LogP contribution in [0.25, 0.3) is 0 Å². The smallest absolute Gasteiger partial charge is 0.256 e. The fourth-order valence-corrected chi connectivity index (χ4v) is 1.20. The van der Waals surface area contributed by atoms with Crippen LogP contribution < -0.4 is 5.32 Å². The van der Waals surface area contributed by atoms with E-state index < -0.39 is 0 Å². The van der Waals surface area contributed by atoms with Gasteiger partial charge in [0.15, 0.2) is 5.82 Å².